The van der Waals surface area contributed by atoms with Gasteiger partial charge in [-0.15, -0.1) is 5.10 Å². The minimum atomic E-state index is 0.153. The number of nitrogen functional groups attached to an aromatic ring is 1. The molecule has 0 saturated carbocycles. The molecule has 0 saturated heterocycles. The van der Waals surface area contributed by atoms with Crippen molar-refractivity contribution in [3.63, 3.8) is 0 Å². The highest BCUT2D eigenvalue weighted by molar-refractivity contribution is 5.87. The SMILES string of the molecule is CNc1nc(N)nn2ccc(-c3ccc(N=NC(C)C)c(C)n3)c12. The van der Waals surface area contributed by atoms with Gasteiger partial charge in [-0.3, -0.25) is 4.98 Å². The minimum absolute atomic E-state index is 0.153. The van der Waals surface area contributed by atoms with Gasteiger partial charge in [-0.2, -0.15) is 15.2 Å². The van der Waals surface area contributed by atoms with Crippen LogP contribution in [-0.2, 0) is 0 Å². The van der Waals surface area contributed by atoms with Crippen LogP contribution in [0.1, 0.15) is 19.5 Å². The van der Waals surface area contributed by atoms with Crippen LogP contribution in [0.25, 0.3) is 16.8 Å². The summed E-state index contributed by atoms with van der Waals surface area (Å²) in [5.74, 6) is 0.869. The summed E-state index contributed by atoms with van der Waals surface area (Å²) in [6, 6.07) is 5.94. The summed E-state index contributed by atoms with van der Waals surface area (Å²) in [6.45, 7) is 5.89. The van der Waals surface area contributed by atoms with Crippen molar-refractivity contribution in [3.05, 3.63) is 30.1 Å². The lowest BCUT2D eigenvalue weighted by atomic mass is 10.1. The number of azo groups is 1. The van der Waals surface area contributed by atoms with Gasteiger partial charge in [0.05, 0.1) is 17.4 Å². The number of rotatable bonds is 4. The van der Waals surface area contributed by atoms with E-state index in [0.29, 0.717) is 5.82 Å². The largest absolute Gasteiger partial charge is 0.371 e. The van der Waals surface area contributed by atoms with Gasteiger partial charge in [0, 0.05) is 18.8 Å². The monoisotopic (exact) mass is 324 g/mol. The smallest absolute Gasteiger partial charge is 0.240 e. The second-order valence-electron chi connectivity index (χ2n) is 5.70. The van der Waals surface area contributed by atoms with Gasteiger partial charge in [0.1, 0.15) is 11.2 Å². The number of aryl methyl sites for hydroxylation is 1. The van der Waals surface area contributed by atoms with E-state index in [1.807, 2.05) is 45.2 Å². The molecule has 0 unspecified atom stereocenters. The van der Waals surface area contributed by atoms with Gasteiger partial charge in [-0.1, -0.05) is 0 Å². The molecule has 0 amide bonds. The number of pyridine rings is 1. The molecule has 0 aliphatic heterocycles. The Morgan fingerprint density at radius 3 is 2.67 bits per heavy atom. The third-order valence-electron chi connectivity index (χ3n) is 3.49. The van der Waals surface area contributed by atoms with Crippen molar-refractivity contribution < 1.29 is 0 Å². The maximum atomic E-state index is 5.73. The van der Waals surface area contributed by atoms with Crippen LogP contribution in [0.3, 0.4) is 0 Å². The average molecular weight is 324 g/mol. The highest BCUT2D eigenvalue weighted by atomic mass is 15.3. The van der Waals surface area contributed by atoms with Crippen LogP contribution in [0, 0.1) is 6.92 Å². The number of hydrogen-bond donors (Lipinski definition) is 2. The van der Waals surface area contributed by atoms with Crippen LogP contribution in [0.2, 0.25) is 0 Å². The van der Waals surface area contributed by atoms with Crippen molar-refractivity contribution in [2.45, 2.75) is 26.8 Å². The molecule has 0 fully saturated rings. The van der Waals surface area contributed by atoms with Gasteiger partial charge >= 0.3 is 0 Å². The molecule has 0 bridgehead atoms. The van der Waals surface area contributed by atoms with Gasteiger partial charge in [0.2, 0.25) is 5.95 Å². The second-order valence-corrected chi connectivity index (χ2v) is 5.70. The number of nitrogens with one attached hydrogen (secondary N) is 1. The van der Waals surface area contributed by atoms with Crippen LogP contribution in [0.15, 0.2) is 34.6 Å². The first-order valence-electron chi connectivity index (χ1n) is 7.71. The van der Waals surface area contributed by atoms with E-state index in [4.69, 9.17) is 5.73 Å². The van der Waals surface area contributed by atoms with Crippen molar-refractivity contribution in [1.82, 2.24) is 19.6 Å². The topological polar surface area (TPSA) is 106 Å². The summed E-state index contributed by atoms with van der Waals surface area (Å²) in [7, 11) is 1.80. The molecular formula is C16H20N8. The van der Waals surface area contributed by atoms with E-state index >= 15 is 0 Å². The zero-order chi connectivity index (χ0) is 17.3. The Kier molecular flexibility index (Phi) is 4.11. The van der Waals surface area contributed by atoms with E-state index in [1.54, 1.807) is 11.6 Å². The molecule has 0 atom stereocenters. The molecular weight excluding hydrogens is 304 g/mol. The normalized spacial score (nSPS) is 11.7. The molecule has 0 aliphatic rings. The van der Waals surface area contributed by atoms with Crippen LogP contribution >= 0.6 is 0 Å². The molecule has 24 heavy (non-hydrogen) atoms. The number of anilines is 2. The van der Waals surface area contributed by atoms with Gasteiger partial charge in [-0.25, -0.2) is 4.52 Å². The van der Waals surface area contributed by atoms with Crippen molar-refractivity contribution >= 4 is 23.0 Å². The van der Waals surface area contributed by atoms with Gasteiger partial charge in [0.15, 0.2) is 5.82 Å². The fourth-order valence-electron chi connectivity index (χ4n) is 2.41. The third kappa shape index (κ3) is 2.90. The fourth-order valence-corrected chi connectivity index (χ4v) is 2.41. The first kappa shape index (κ1) is 15.9. The summed E-state index contributed by atoms with van der Waals surface area (Å²) in [6.07, 6.45) is 1.84. The Balaban J connectivity index is 2.10. The number of fused-ring (bicyclic) bond motifs is 1. The van der Waals surface area contributed by atoms with Crippen molar-refractivity contribution in [3.8, 4) is 11.3 Å². The summed E-state index contributed by atoms with van der Waals surface area (Å²) >= 11 is 0. The van der Waals surface area contributed by atoms with E-state index in [1.165, 1.54) is 0 Å². The Morgan fingerprint density at radius 2 is 2.00 bits per heavy atom. The average Bonchev–Trinajstić information content (AvgIpc) is 2.96. The fraction of sp³-hybridized carbons (Fsp3) is 0.312. The Hall–Kier alpha value is -3.03. The standard InChI is InChI=1S/C16H20N8/c1-9(2)21-22-12-5-6-13(19-10(12)3)11-7-8-24-14(11)15(18-4)20-16(17)23-24/h5-9H,1-4H3,(H3,17,18,20,23). The highest BCUT2D eigenvalue weighted by Gasteiger charge is 2.14. The molecule has 3 aromatic rings. The number of aromatic nitrogens is 4. The molecule has 0 spiro atoms. The molecule has 0 aliphatic carbocycles. The summed E-state index contributed by atoms with van der Waals surface area (Å²) < 4.78 is 1.70. The van der Waals surface area contributed by atoms with Crippen molar-refractivity contribution in [2.75, 3.05) is 18.1 Å². The first-order valence-corrected chi connectivity index (χ1v) is 7.71. The molecule has 3 N–H and O–H groups in total. The van der Waals surface area contributed by atoms with E-state index in [-0.39, 0.29) is 12.0 Å². The van der Waals surface area contributed by atoms with Crippen LogP contribution in [-0.4, -0.2) is 32.7 Å². The minimum Gasteiger partial charge on any atom is -0.371 e. The molecule has 0 radical (unpaired) electrons. The van der Waals surface area contributed by atoms with E-state index in [9.17, 15) is 0 Å². The Labute approximate surface area is 139 Å². The highest BCUT2D eigenvalue weighted by Crippen LogP contribution is 2.30. The number of nitrogens with zero attached hydrogens (tertiary/aromatic N) is 6. The zero-order valence-corrected chi connectivity index (χ0v) is 14.1. The molecule has 0 aromatic carbocycles. The van der Waals surface area contributed by atoms with Gasteiger partial charge in [0.25, 0.3) is 0 Å². The summed E-state index contributed by atoms with van der Waals surface area (Å²) in [4.78, 5) is 8.90. The lowest BCUT2D eigenvalue weighted by molar-refractivity contribution is 0.777. The maximum absolute atomic E-state index is 5.73. The van der Waals surface area contributed by atoms with Crippen molar-refractivity contribution in [1.29, 1.82) is 0 Å². The molecule has 3 heterocycles. The molecule has 3 rings (SSSR count). The quantitative estimate of drug-likeness (QED) is 0.717. The zero-order valence-electron chi connectivity index (χ0n) is 14.1. The number of nitrogens with two attached hydrogens (primary N) is 1. The van der Waals surface area contributed by atoms with Gasteiger partial charge in [-0.05, 0) is 39.0 Å². The third-order valence-corrected chi connectivity index (χ3v) is 3.49. The van der Waals surface area contributed by atoms with E-state index in [2.05, 4.69) is 30.6 Å². The molecule has 8 nitrogen and oxygen atoms in total. The Bertz CT molecular complexity index is 910. The number of hydrogen-bond acceptors (Lipinski definition) is 7. The lowest BCUT2D eigenvalue weighted by Crippen LogP contribution is -2.05. The predicted molar refractivity (Wildman–Crippen MR) is 94.6 cm³/mol. The van der Waals surface area contributed by atoms with Crippen LogP contribution < -0.4 is 11.1 Å². The first-order chi connectivity index (χ1) is 11.5. The van der Waals surface area contributed by atoms with Crippen LogP contribution in [0.4, 0.5) is 17.5 Å². The second kappa shape index (κ2) is 6.23. The van der Waals surface area contributed by atoms with E-state index < -0.39 is 0 Å². The molecule has 8 heteroatoms. The Morgan fingerprint density at radius 1 is 1.21 bits per heavy atom. The molecule has 3 aromatic heterocycles. The van der Waals surface area contributed by atoms with Gasteiger partial charge < -0.3 is 11.1 Å². The van der Waals surface area contributed by atoms with E-state index in [0.717, 1.165) is 28.2 Å². The summed E-state index contributed by atoms with van der Waals surface area (Å²) in [5.41, 5.74) is 9.89. The van der Waals surface area contributed by atoms with Crippen molar-refractivity contribution in [2.24, 2.45) is 10.2 Å². The lowest BCUT2D eigenvalue weighted by Gasteiger charge is -2.07. The maximum Gasteiger partial charge on any atom is 0.240 e. The van der Waals surface area contributed by atoms with Crippen LogP contribution in [0.5, 0.6) is 0 Å². The predicted octanol–water partition coefficient (Wildman–Crippen LogP) is 3.22. The molecule has 124 valence electrons. The summed E-state index contributed by atoms with van der Waals surface area (Å²) in [5, 5.41) is 15.7.